The third-order valence-electron chi connectivity index (χ3n) is 2.93. The fourth-order valence-electron chi connectivity index (χ4n) is 1.73. The maximum absolute atomic E-state index is 5.85. The molecule has 0 fully saturated rings. The summed E-state index contributed by atoms with van der Waals surface area (Å²) in [6, 6.07) is 9.13. The van der Waals surface area contributed by atoms with E-state index in [-0.39, 0.29) is 11.9 Å². The molecule has 0 unspecified atom stereocenters. The quantitative estimate of drug-likeness (QED) is 0.613. The second kappa shape index (κ2) is 7.83. The number of ether oxygens (including phenoxy) is 3. The highest BCUT2D eigenvalue weighted by atomic mass is 16.5. The number of hydrogen-bond donors (Lipinski definition) is 2. The van der Waals surface area contributed by atoms with Crippen molar-refractivity contribution in [3.8, 4) is 17.5 Å². The van der Waals surface area contributed by atoms with Crippen molar-refractivity contribution in [2.45, 2.75) is 6.54 Å². The van der Waals surface area contributed by atoms with Gasteiger partial charge in [-0.3, -0.25) is 5.32 Å². The predicted molar refractivity (Wildman–Crippen MR) is 87.1 cm³/mol. The molecular formula is C15H19N5O3. The number of guanidine groups is 1. The first-order chi connectivity index (χ1) is 11.1. The van der Waals surface area contributed by atoms with Crippen LogP contribution in [0, 0.1) is 0 Å². The smallest absolute Gasteiger partial charge is 0.236 e. The number of methoxy groups -OCH3 is 3. The Morgan fingerprint density at radius 3 is 2.17 bits per heavy atom. The molecule has 2 aromatic rings. The van der Waals surface area contributed by atoms with Gasteiger partial charge in [0.15, 0.2) is 5.96 Å². The van der Waals surface area contributed by atoms with Crippen molar-refractivity contribution < 1.29 is 14.2 Å². The maximum Gasteiger partial charge on any atom is 0.236 e. The van der Waals surface area contributed by atoms with Crippen LogP contribution in [0.2, 0.25) is 0 Å². The Morgan fingerprint density at radius 2 is 1.65 bits per heavy atom. The standard InChI is InChI=1S/C15H19N5O3/c1-21-11-6-4-10(5-7-11)9-17-14(16)20-15-18-12(22-2)8-13(19-15)23-3/h4-8H,9H2,1-3H3,(H3,16,17,18,19,20). The Balaban J connectivity index is 2.03. The van der Waals surface area contributed by atoms with Crippen LogP contribution >= 0.6 is 0 Å². The molecule has 0 amide bonds. The SMILES string of the molecule is COc1ccc(CN=C(N)Nc2nc(OC)cc(OC)n2)cc1. The van der Waals surface area contributed by atoms with E-state index in [1.807, 2.05) is 24.3 Å². The van der Waals surface area contributed by atoms with E-state index in [9.17, 15) is 0 Å². The lowest BCUT2D eigenvalue weighted by molar-refractivity contribution is 0.373. The zero-order valence-corrected chi connectivity index (χ0v) is 13.2. The first kappa shape index (κ1) is 16.3. The number of nitrogens with one attached hydrogen (secondary N) is 1. The van der Waals surface area contributed by atoms with E-state index in [0.717, 1.165) is 11.3 Å². The summed E-state index contributed by atoms with van der Waals surface area (Å²) >= 11 is 0. The minimum absolute atomic E-state index is 0.191. The second-order valence-electron chi connectivity index (χ2n) is 4.45. The Hall–Kier alpha value is -3.03. The highest BCUT2D eigenvalue weighted by Crippen LogP contribution is 2.17. The molecule has 1 aromatic carbocycles. The van der Waals surface area contributed by atoms with Crippen molar-refractivity contribution in [2.75, 3.05) is 26.6 Å². The van der Waals surface area contributed by atoms with Crippen molar-refractivity contribution >= 4 is 11.9 Å². The van der Waals surface area contributed by atoms with Gasteiger partial charge in [-0.1, -0.05) is 12.1 Å². The van der Waals surface area contributed by atoms with Crippen LogP contribution in [0.1, 0.15) is 5.56 Å². The molecule has 0 saturated carbocycles. The summed E-state index contributed by atoms with van der Waals surface area (Å²) < 4.78 is 15.2. The zero-order chi connectivity index (χ0) is 16.7. The number of aromatic nitrogens is 2. The number of aliphatic imine (C=N–C) groups is 1. The monoisotopic (exact) mass is 317 g/mol. The number of nitrogens with zero attached hydrogens (tertiary/aromatic N) is 3. The molecule has 2 rings (SSSR count). The molecule has 23 heavy (non-hydrogen) atoms. The number of rotatable bonds is 6. The number of hydrogen-bond acceptors (Lipinski definition) is 6. The average molecular weight is 317 g/mol. The van der Waals surface area contributed by atoms with Gasteiger partial charge >= 0.3 is 0 Å². The van der Waals surface area contributed by atoms with Gasteiger partial charge in [-0.05, 0) is 17.7 Å². The normalized spacial score (nSPS) is 11.0. The van der Waals surface area contributed by atoms with Crippen LogP contribution in [0.4, 0.5) is 5.95 Å². The van der Waals surface area contributed by atoms with E-state index in [1.54, 1.807) is 13.2 Å². The Bertz CT molecular complexity index is 651. The predicted octanol–water partition coefficient (Wildman–Crippen LogP) is 1.43. The molecule has 0 spiro atoms. The van der Waals surface area contributed by atoms with Crippen LogP contribution in [-0.4, -0.2) is 37.3 Å². The van der Waals surface area contributed by atoms with E-state index in [4.69, 9.17) is 19.9 Å². The number of anilines is 1. The van der Waals surface area contributed by atoms with E-state index in [1.165, 1.54) is 14.2 Å². The first-order valence-electron chi connectivity index (χ1n) is 6.81. The number of benzene rings is 1. The van der Waals surface area contributed by atoms with Crippen LogP contribution in [0.5, 0.6) is 17.5 Å². The van der Waals surface area contributed by atoms with E-state index >= 15 is 0 Å². The first-order valence-corrected chi connectivity index (χ1v) is 6.81. The molecule has 0 aliphatic heterocycles. The zero-order valence-electron chi connectivity index (χ0n) is 13.2. The fraction of sp³-hybridized carbons (Fsp3) is 0.267. The van der Waals surface area contributed by atoms with Crippen LogP contribution in [0.15, 0.2) is 35.3 Å². The van der Waals surface area contributed by atoms with Crippen LogP contribution in [0.25, 0.3) is 0 Å². The molecule has 0 radical (unpaired) electrons. The molecule has 3 N–H and O–H groups in total. The van der Waals surface area contributed by atoms with Gasteiger partial charge in [0.1, 0.15) is 5.75 Å². The molecule has 8 nitrogen and oxygen atoms in total. The van der Waals surface area contributed by atoms with Crippen molar-refractivity contribution in [1.82, 2.24) is 9.97 Å². The minimum atomic E-state index is 0.191. The summed E-state index contributed by atoms with van der Waals surface area (Å²) in [5.74, 6) is 1.96. The maximum atomic E-state index is 5.85. The highest BCUT2D eigenvalue weighted by molar-refractivity contribution is 5.90. The topological polar surface area (TPSA) is 104 Å². The summed E-state index contributed by atoms with van der Waals surface area (Å²) in [5.41, 5.74) is 6.84. The highest BCUT2D eigenvalue weighted by Gasteiger charge is 2.06. The summed E-state index contributed by atoms with van der Waals surface area (Å²) in [5, 5.41) is 2.80. The lowest BCUT2D eigenvalue weighted by atomic mass is 10.2. The third-order valence-corrected chi connectivity index (χ3v) is 2.93. The summed E-state index contributed by atoms with van der Waals surface area (Å²) in [6.07, 6.45) is 0. The van der Waals surface area contributed by atoms with Gasteiger partial charge in [0, 0.05) is 0 Å². The van der Waals surface area contributed by atoms with E-state index < -0.39 is 0 Å². The second-order valence-corrected chi connectivity index (χ2v) is 4.45. The van der Waals surface area contributed by atoms with Crippen molar-refractivity contribution in [3.05, 3.63) is 35.9 Å². The Labute approximate surface area is 134 Å². The lowest BCUT2D eigenvalue weighted by Gasteiger charge is -2.08. The molecular weight excluding hydrogens is 298 g/mol. The molecule has 0 saturated heterocycles. The largest absolute Gasteiger partial charge is 0.497 e. The van der Waals surface area contributed by atoms with Crippen LogP contribution < -0.4 is 25.3 Å². The minimum Gasteiger partial charge on any atom is -0.497 e. The molecule has 8 heteroatoms. The van der Waals surface area contributed by atoms with E-state index in [0.29, 0.717) is 18.3 Å². The molecule has 1 aromatic heterocycles. The summed E-state index contributed by atoms with van der Waals surface area (Å²) in [4.78, 5) is 12.5. The van der Waals surface area contributed by atoms with Gasteiger partial charge in [-0.25, -0.2) is 4.99 Å². The van der Waals surface area contributed by atoms with Gasteiger partial charge in [0.25, 0.3) is 0 Å². The molecule has 1 heterocycles. The van der Waals surface area contributed by atoms with Crippen molar-refractivity contribution in [2.24, 2.45) is 10.7 Å². The molecule has 122 valence electrons. The van der Waals surface area contributed by atoms with Crippen molar-refractivity contribution in [3.63, 3.8) is 0 Å². The lowest BCUT2D eigenvalue weighted by Crippen LogP contribution is -2.24. The molecule has 0 aliphatic carbocycles. The van der Waals surface area contributed by atoms with Gasteiger partial charge in [-0.2, -0.15) is 9.97 Å². The number of nitrogens with two attached hydrogens (primary N) is 1. The van der Waals surface area contributed by atoms with Gasteiger partial charge in [0.2, 0.25) is 17.7 Å². The van der Waals surface area contributed by atoms with Crippen molar-refractivity contribution in [1.29, 1.82) is 0 Å². The Kier molecular flexibility index (Phi) is 5.56. The summed E-state index contributed by atoms with van der Waals surface area (Å²) in [6.45, 7) is 0.421. The van der Waals surface area contributed by atoms with Gasteiger partial charge in [-0.15, -0.1) is 0 Å². The average Bonchev–Trinajstić information content (AvgIpc) is 2.60. The molecule has 0 aliphatic rings. The molecule has 0 bridgehead atoms. The molecule has 0 atom stereocenters. The third kappa shape index (κ3) is 4.73. The van der Waals surface area contributed by atoms with E-state index in [2.05, 4.69) is 20.3 Å². The fourth-order valence-corrected chi connectivity index (χ4v) is 1.73. The van der Waals surface area contributed by atoms with Gasteiger partial charge < -0.3 is 19.9 Å². The van der Waals surface area contributed by atoms with Gasteiger partial charge in [0.05, 0.1) is 33.9 Å². The van der Waals surface area contributed by atoms with Crippen LogP contribution in [-0.2, 0) is 6.54 Å². The summed E-state index contributed by atoms with van der Waals surface area (Å²) in [7, 11) is 4.64. The Morgan fingerprint density at radius 1 is 1.04 bits per heavy atom. The van der Waals surface area contributed by atoms with Crippen LogP contribution in [0.3, 0.4) is 0 Å².